The Morgan fingerprint density at radius 3 is 2.77 bits per heavy atom. The summed E-state index contributed by atoms with van der Waals surface area (Å²) < 4.78 is 2.84. The molecule has 3 aromatic rings. The van der Waals surface area contributed by atoms with Gasteiger partial charge < -0.3 is 5.11 Å². The second-order valence-corrected chi connectivity index (χ2v) is 9.83. The third-order valence-electron chi connectivity index (χ3n) is 3.40. The molecule has 0 unspecified atom stereocenters. The number of rotatable bonds is 5. The predicted octanol–water partition coefficient (Wildman–Crippen LogP) is 5.92. The van der Waals surface area contributed by atoms with Crippen LogP contribution < -0.4 is 0 Å². The summed E-state index contributed by atoms with van der Waals surface area (Å²) >= 11 is 12.5. The Morgan fingerprint density at radius 2 is 2.15 bits per heavy atom. The topological polar surface area (TPSA) is 68.0 Å². The summed E-state index contributed by atoms with van der Waals surface area (Å²) in [6, 6.07) is 7.48. The number of hydrogen-bond acceptors (Lipinski definition) is 5. The molecule has 0 aliphatic carbocycles. The van der Waals surface area contributed by atoms with Crippen LogP contribution >= 0.6 is 50.6 Å². The van der Waals surface area contributed by atoms with Gasteiger partial charge in [-0.15, -0.1) is 11.8 Å². The second-order valence-electron chi connectivity index (χ2n) is 5.77. The number of nitrogens with zero attached hydrogens (tertiary/aromatic N) is 3. The fourth-order valence-electron chi connectivity index (χ4n) is 2.33. The highest BCUT2D eigenvalue weighted by atomic mass is 79.9. The first-order chi connectivity index (χ1) is 12.3. The number of benzene rings is 1. The molecule has 9 heteroatoms. The first-order valence-corrected chi connectivity index (χ1v) is 10.6. The molecule has 1 aromatic carbocycles. The fraction of sp³-hybridized carbons (Fsp3) is 0.235. The maximum Gasteiger partial charge on any atom is 0.355 e. The average Bonchev–Trinajstić information content (AvgIpc) is 3.08. The third-order valence-corrected chi connectivity index (χ3v) is 6.82. The maximum atomic E-state index is 11.7. The monoisotopic (exact) mass is 471 g/mol. The van der Waals surface area contributed by atoms with Gasteiger partial charge in [0.15, 0.2) is 5.69 Å². The van der Waals surface area contributed by atoms with Crippen LogP contribution in [0.2, 0.25) is 5.02 Å². The van der Waals surface area contributed by atoms with E-state index >= 15 is 0 Å². The average molecular weight is 473 g/mol. The lowest BCUT2D eigenvalue weighted by Crippen LogP contribution is -2.08. The van der Waals surface area contributed by atoms with E-state index in [1.807, 2.05) is 24.3 Å². The van der Waals surface area contributed by atoms with E-state index in [9.17, 15) is 9.90 Å². The van der Waals surface area contributed by atoms with Crippen molar-refractivity contribution < 1.29 is 9.90 Å². The zero-order chi connectivity index (χ0) is 19.0. The number of carboxylic acid groups (broad SMARTS) is 1. The zero-order valence-corrected chi connectivity index (χ0v) is 18.1. The summed E-state index contributed by atoms with van der Waals surface area (Å²) in [4.78, 5) is 16.4. The first-order valence-electron chi connectivity index (χ1n) is 7.70. The highest BCUT2D eigenvalue weighted by molar-refractivity contribution is 9.10. The van der Waals surface area contributed by atoms with Crippen LogP contribution in [0, 0.1) is 6.92 Å². The molecule has 0 aliphatic heterocycles. The van der Waals surface area contributed by atoms with Gasteiger partial charge in [0, 0.05) is 15.8 Å². The van der Waals surface area contributed by atoms with Crippen molar-refractivity contribution >= 4 is 56.6 Å². The number of aromatic nitrogens is 3. The molecule has 26 heavy (non-hydrogen) atoms. The lowest BCUT2D eigenvalue weighted by atomic mass is 10.2. The minimum Gasteiger partial charge on any atom is -0.476 e. The van der Waals surface area contributed by atoms with E-state index in [1.54, 1.807) is 18.7 Å². The minimum absolute atomic E-state index is 0.0648. The molecule has 2 heterocycles. The number of carboxylic acids is 1. The number of carbonyl (C=O) groups is 1. The molecule has 3 rings (SSSR count). The van der Waals surface area contributed by atoms with E-state index in [0.29, 0.717) is 25.6 Å². The smallest absolute Gasteiger partial charge is 0.355 e. The Kier molecular flexibility index (Phi) is 5.76. The quantitative estimate of drug-likeness (QED) is 0.467. The molecule has 0 radical (unpaired) electrons. The lowest BCUT2D eigenvalue weighted by molar-refractivity contribution is 0.0686. The van der Waals surface area contributed by atoms with Crippen LogP contribution in [0.1, 0.15) is 30.0 Å². The molecule has 1 N–H and O–H groups in total. The molecule has 0 amide bonds. The second kappa shape index (κ2) is 7.72. The maximum absolute atomic E-state index is 11.7. The van der Waals surface area contributed by atoms with Crippen LogP contribution in [-0.4, -0.2) is 31.1 Å². The lowest BCUT2D eigenvalue weighted by Gasteiger charge is -2.04. The molecule has 136 valence electrons. The van der Waals surface area contributed by atoms with Crippen molar-refractivity contribution in [2.24, 2.45) is 0 Å². The molecular weight excluding hydrogens is 458 g/mol. The van der Waals surface area contributed by atoms with E-state index < -0.39 is 5.97 Å². The Morgan fingerprint density at radius 1 is 1.42 bits per heavy atom. The Bertz CT molecular complexity index is 985. The summed E-state index contributed by atoms with van der Waals surface area (Å²) in [6.07, 6.45) is 0. The molecule has 0 aliphatic rings. The minimum atomic E-state index is -1.06. The normalized spacial score (nSPS) is 11.3. The van der Waals surface area contributed by atoms with Gasteiger partial charge in [0.1, 0.15) is 0 Å². The number of thioether (sulfide) groups is 1. The summed E-state index contributed by atoms with van der Waals surface area (Å²) in [5, 5.41) is 15.4. The molecule has 0 atom stereocenters. The number of halogens is 2. The van der Waals surface area contributed by atoms with Gasteiger partial charge in [0.25, 0.3) is 0 Å². The van der Waals surface area contributed by atoms with Crippen molar-refractivity contribution in [1.29, 1.82) is 0 Å². The summed E-state index contributed by atoms with van der Waals surface area (Å²) in [5.41, 5.74) is 2.34. The largest absolute Gasteiger partial charge is 0.476 e. The Hall–Kier alpha value is -1.35. The molecular formula is C17H15BrClN3O2S2. The van der Waals surface area contributed by atoms with Crippen LogP contribution in [0.5, 0.6) is 0 Å². The van der Waals surface area contributed by atoms with Crippen LogP contribution in [0.4, 0.5) is 0 Å². The number of thiazole rings is 1. The SMILES string of the molecule is Cc1nn(-c2nc(-c3cccc(Cl)c3)c(SC(C)C)s2)c(C(=O)O)c1Br. The van der Waals surface area contributed by atoms with Crippen molar-refractivity contribution in [3.63, 3.8) is 0 Å². The van der Waals surface area contributed by atoms with Gasteiger partial charge in [-0.1, -0.05) is 48.9 Å². The van der Waals surface area contributed by atoms with Gasteiger partial charge >= 0.3 is 5.97 Å². The van der Waals surface area contributed by atoms with Crippen LogP contribution in [0.15, 0.2) is 32.9 Å². The van der Waals surface area contributed by atoms with Crippen molar-refractivity contribution in [2.45, 2.75) is 30.2 Å². The highest BCUT2D eigenvalue weighted by Gasteiger charge is 2.24. The molecule has 0 bridgehead atoms. The molecule has 0 fully saturated rings. The van der Waals surface area contributed by atoms with E-state index in [2.05, 4.69) is 34.9 Å². The van der Waals surface area contributed by atoms with Crippen molar-refractivity contribution in [3.8, 4) is 16.4 Å². The number of hydrogen-bond donors (Lipinski definition) is 1. The Balaban J connectivity index is 2.19. The van der Waals surface area contributed by atoms with E-state index in [-0.39, 0.29) is 5.69 Å². The van der Waals surface area contributed by atoms with Crippen molar-refractivity contribution in [1.82, 2.24) is 14.8 Å². The third kappa shape index (κ3) is 3.83. The van der Waals surface area contributed by atoms with Gasteiger partial charge in [-0.2, -0.15) is 9.78 Å². The molecule has 0 saturated carbocycles. The van der Waals surface area contributed by atoms with Crippen molar-refractivity contribution in [3.05, 3.63) is 45.1 Å². The molecule has 5 nitrogen and oxygen atoms in total. The highest BCUT2D eigenvalue weighted by Crippen LogP contribution is 2.40. The standard InChI is InChI=1S/C17H15BrClN3O2S2/c1-8(2)25-16-13(10-5-4-6-11(19)7-10)20-17(26-16)22-14(15(23)24)12(18)9(3)21-22/h4-8H,1-3H3,(H,23,24). The summed E-state index contributed by atoms with van der Waals surface area (Å²) in [6.45, 7) is 5.95. The Labute approximate surface area is 172 Å². The summed E-state index contributed by atoms with van der Waals surface area (Å²) in [7, 11) is 0. The predicted molar refractivity (Wildman–Crippen MR) is 110 cm³/mol. The number of aromatic carboxylic acids is 1. The van der Waals surface area contributed by atoms with E-state index in [0.717, 1.165) is 15.5 Å². The van der Waals surface area contributed by atoms with Crippen LogP contribution in [0.3, 0.4) is 0 Å². The molecule has 0 saturated heterocycles. The fourth-order valence-corrected chi connectivity index (χ4v) is 5.41. The molecule has 0 spiro atoms. The van der Waals surface area contributed by atoms with E-state index in [4.69, 9.17) is 16.6 Å². The molecule has 2 aromatic heterocycles. The van der Waals surface area contributed by atoms with Gasteiger partial charge in [-0.3, -0.25) is 0 Å². The van der Waals surface area contributed by atoms with Crippen LogP contribution in [0.25, 0.3) is 16.4 Å². The van der Waals surface area contributed by atoms with Gasteiger partial charge in [0.2, 0.25) is 5.13 Å². The number of aryl methyl sites for hydroxylation is 1. The van der Waals surface area contributed by atoms with Gasteiger partial charge in [-0.25, -0.2) is 9.78 Å². The first kappa shape index (κ1) is 19.4. The van der Waals surface area contributed by atoms with Crippen molar-refractivity contribution in [2.75, 3.05) is 0 Å². The zero-order valence-electron chi connectivity index (χ0n) is 14.2. The van der Waals surface area contributed by atoms with Crippen LogP contribution in [-0.2, 0) is 0 Å². The summed E-state index contributed by atoms with van der Waals surface area (Å²) in [5.74, 6) is -1.06. The van der Waals surface area contributed by atoms with Gasteiger partial charge in [-0.05, 0) is 35.0 Å². The van der Waals surface area contributed by atoms with E-state index in [1.165, 1.54) is 16.0 Å². The van der Waals surface area contributed by atoms with Gasteiger partial charge in [0.05, 0.1) is 20.1 Å².